The summed E-state index contributed by atoms with van der Waals surface area (Å²) in [5.74, 6) is 0. The second-order valence-electron chi connectivity index (χ2n) is 4.58. The molecule has 1 atom stereocenters. The van der Waals surface area contributed by atoms with Crippen molar-refractivity contribution in [2.45, 2.75) is 39.7 Å². The summed E-state index contributed by atoms with van der Waals surface area (Å²) in [5.41, 5.74) is 7.72. The third-order valence-electron chi connectivity index (χ3n) is 3.39. The molecule has 0 radical (unpaired) electrons. The van der Waals surface area contributed by atoms with Gasteiger partial charge in [-0.1, -0.05) is 18.1 Å². The Morgan fingerprint density at radius 2 is 2.20 bits per heavy atom. The van der Waals surface area contributed by atoms with Crippen molar-refractivity contribution in [3.8, 4) is 0 Å². The summed E-state index contributed by atoms with van der Waals surface area (Å²) in [5, 5.41) is 4.55. The summed E-state index contributed by atoms with van der Waals surface area (Å²) < 4.78 is 0. The van der Waals surface area contributed by atoms with Crippen molar-refractivity contribution >= 4 is 0 Å². The minimum absolute atomic E-state index is 0.540. The molecule has 0 saturated carbocycles. The summed E-state index contributed by atoms with van der Waals surface area (Å²) in [7, 11) is 2.10. The first-order valence-electron chi connectivity index (χ1n) is 5.78. The van der Waals surface area contributed by atoms with Crippen LogP contribution in [-0.4, -0.2) is 29.8 Å². The smallest absolute Gasteiger partial charge is 0.0710 e. The standard InChI is InChI=1S/C12H21N3/c1-5-6-15-12-8-10(3)9(2)7-11(12)13-14(15)4/h7,12-13H,5-6,8H2,1-4H3. The van der Waals surface area contributed by atoms with E-state index in [9.17, 15) is 0 Å². The Morgan fingerprint density at radius 1 is 1.47 bits per heavy atom. The lowest BCUT2D eigenvalue weighted by Gasteiger charge is -2.28. The van der Waals surface area contributed by atoms with Crippen molar-refractivity contribution in [3.63, 3.8) is 0 Å². The largest absolute Gasteiger partial charge is 0.308 e. The predicted octanol–water partition coefficient (Wildman–Crippen LogP) is 2.06. The molecule has 0 aromatic carbocycles. The van der Waals surface area contributed by atoms with Gasteiger partial charge in [0.05, 0.1) is 6.04 Å². The molecule has 1 fully saturated rings. The van der Waals surface area contributed by atoms with Crippen LogP contribution in [0.4, 0.5) is 0 Å². The first-order chi connectivity index (χ1) is 7.13. The Hall–Kier alpha value is -0.800. The van der Waals surface area contributed by atoms with Gasteiger partial charge in [-0.3, -0.25) is 0 Å². The Morgan fingerprint density at radius 3 is 2.87 bits per heavy atom. The highest BCUT2D eigenvalue weighted by Gasteiger charge is 2.34. The zero-order valence-corrected chi connectivity index (χ0v) is 10.2. The van der Waals surface area contributed by atoms with E-state index in [0.717, 1.165) is 13.0 Å². The van der Waals surface area contributed by atoms with Crippen LogP contribution in [0.3, 0.4) is 0 Å². The summed E-state index contributed by atoms with van der Waals surface area (Å²) in [4.78, 5) is 0. The van der Waals surface area contributed by atoms with Gasteiger partial charge in [0.15, 0.2) is 0 Å². The van der Waals surface area contributed by atoms with Crippen molar-refractivity contribution in [1.82, 2.24) is 15.6 Å². The van der Waals surface area contributed by atoms with Crippen LogP contribution in [0.5, 0.6) is 0 Å². The zero-order valence-electron chi connectivity index (χ0n) is 10.2. The van der Waals surface area contributed by atoms with Gasteiger partial charge in [0.1, 0.15) is 0 Å². The van der Waals surface area contributed by atoms with Crippen LogP contribution in [0.1, 0.15) is 33.6 Å². The molecule has 15 heavy (non-hydrogen) atoms. The molecule has 1 N–H and O–H groups in total. The number of hydrogen-bond acceptors (Lipinski definition) is 3. The van der Waals surface area contributed by atoms with Gasteiger partial charge >= 0.3 is 0 Å². The fourth-order valence-electron chi connectivity index (χ4n) is 2.38. The lowest BCUT2D eigenvalue weighted by Crippen LogP contribution is -2.42. The third-order valence-corrected chi connectivity index (χ3v) is 3.39. The molecule has 0 amide bonds. The Balaban J connectivity index is 2.20. The van der Waals surface area contributed by atoms with Gasteiger partial charge in [0.25, 0.3) is 0 Å². The first-order valence-corrected chi connectivity index (χ1v) is 5.78. The summed E-state index contributed by atoms with van der Waals surface area (Å²) in [6.45, 7) is 7.79. The van der Waals surface area contributed by atoms with Crippen LogP contribution in [-0.2, 0) is 0 Å². The van der Waals surface area contributed by atoms with Crippen molar-refractivity contribution in [3.05, 3.63) is 22.9 Å². The lowest BCUT2D eigenvalue weighted by atomic mass is 9.94. The van der Waals surface area contributed by atoms with Gasteiger partial charge in [-0.15, -0.1) is 0 Å². The van der Waals surface area contributed by atoms with E-state index in [2.05, 4.69) is 49.4 Å². The molecule has 2 aliphatic rings. The number of nitrogens with one attached hydrogen (secondary N) is 1. The molecule has 84 valence electrons. The van der Waals surface area contributed by atoms with Crippen LogP contribution in [0, 0.1) is 0 Å². The first kappa shape index (κ1) is 10.7. The van der Waals surface area contributed by atoms with E-state index in [0.29, 0.717) is 6.04 Å². The maximum atomic E-state index is 3.43. The number of allylic oxidation sites excluding steroid dienone is 2. The molecule has 2 rings (SSSR count). The highest BCUT2D eigenvalue weighted by molar-refractivity contribution is 5.35. The summed E-state index contributed by atoms with van der Waals surface area (Å²) >= 11 is 0. The number of nitrogens with zero attached hydrogens (tertiary/aromatic N) is 2. The minimum Gasteiger partial charge on any atom is -0.308 e. The average molecular weight is 207 g/mol. The highest BCUT2D eigenvalue weighted by atomic mass is 15.8. The van der Waals surface area contributed by atoms with E-state index in [1.165, 1.54) is 23.3 Å². The van der Waals surface area contributed by atoms with E-state index in [1.54, 1.807) is 0 Å². The molecule has 3 heteroatoms. The predicted molar refractivity (Wildman–Crippen MR) is 62.8 cm³/mol. The second kappa shape index (κ2) is 3.99. The molecule has 0 aromatic heterocycles. The summed E-state index contributed by atoms with van der Waals surface area (Å²) in [6.07, 6.45) is 4.64. The minimum atomic E-state index is 0.540. The fraction of sp³-hybridized carbons (Fsp3) is 0.667. The van der Waals surface area contributed by atoms with Crippen LogP contribution in [0.25, 0.3) is 0 Å². The number of hydrazine groups is 2. The molecule has 1 aliphatic carbocycles. The Kier molecular flexibility index (Phi) is 2.85. The van der Waals surface area contributed by atoms with Crippen LogP contribution >= 0.6 is 0 Å². The van der Waals surface area contributed by atoms with Crippen LogP contribution in [0.2, 0.25) is 0 Å². The topological polar surface area (TPSA) is 18.5 Å². The molecule has 0 aromatic rings. The van der Waals surface area contributed by atoms with E-state index in [4.69, 9.17) is 0 Å². The number of rotatable bonds is 2. The molecular weight excluding hydrogens is 186 g/mol. The quantitative estimate of drug-likeness (QED) is 0.747. The van der Waals surface area contributed by atoms with Gasteiger partial charge in [0.2, 0.25) is 0 Å². The van der Waals surface area contributed by atoms with Crippen molar-refractivity contribution in [1.29, 1.82) is 0 Å². The van der Waals surface area contributed by atoms with Crippen LogP contribution in [0.15, 0.2) is 22.9 Å². The molecule has 1 saturated heterocycles. The third kappa shape index (κ3) is 1.82. The van der Waals surface area contributed by atoms with Gasteiger partial charge in [-0.25, -0.2) is 5.01 Å². The Bertz CT molecular complexity index is 317. The summed E-state index contributed by atoms with van der Waals surface area (Å²) in [6, 6.07) is 0.540. The molecular formula is C12H21N3. The fourth-order valence-corrected chi connectivity index (χ4v) is 2.38. The molecule has 3 nitrogen and oxygen atoms in total. The maximum absolute atomic E-state index is 3.43. The normalized spacial score (nSPS) is 27.7. The zero-order chi connectivity index (χ0) is 11.0. The monoisotopic (exact) mass is 207 g/mol. The van der Waals surface area contributed by atoms with Crippen molar-refractivity contribution in [2.75, 3.05) is 13.6 Å². The maximum Gasteiger partial charge on any atom is 0.0710 e. The van der Waals surface area contributed by atoms with E-state index in [1.807, 2.05) is 0 Å². The lowest BCUT2D eigenvalue weighted by molar-refractivity contribution is -0.00814. The van der Waals surface area contributed by atoms with Crippen LogP contribution < -0.4 is 5.43 Å². The van der Waals surface area contributed by atoms with E-state index >= 15 is 0 Å². The van der Waals surface area contributed by atoms with Gasteiger partial charge in [0, 0.05) is 19.3 Å². The molecule has 0 bridgehead atoms. The van der Waals surface area contributed by atoms with Gasteiger partial charge < -0.3 is 5.43 Å². The van der Waals surface area contributed by atoms with Gasteiger partial charge in [-0.2, -0.15) is 5.12 Å². The van der Waals surface area contributed by atoms with E-state index in [-0.39, 0.29) is 0 Å². The second-order valence-corrected chi connectivity index (χ2v) is 4.58. The number of hydrogen-bond donors (Lipinski definition) is 1. The van der Waals surface area contributed by atoms with Crippen molar-refractivity contribution < 1.29 is 0 Å². The van der Waals surface area contributed by atoms with E-state index < -0.39 is 0 Å². The molecule has 1 aliphatic heterocycles. The molecule has 1 unspecified atom stereocenters. The van der Waals surface area contributed by atoms with Crippen molar-refractivity contribution in [2.24, 2.45) is 0 Å². The Labute approximate surface area is 92.4 Å². The average Bonchev–Trinajstić information content (AvgIpc) is 2.46. The highest BCUT2D eigenvalue weighted by Crippen LogP contribution is 2.30. The molecule has 0 spiro atoms. The van der Waals surface area contributed by atoms with Gasteiger partial charge in [-0.05, 0) is 32.8 Å². The molecule has 1 heterocycles. The SMILES string of the molecule is CCCN1C2CC(C)=C(C)C=C2NN1C. The number of fused-ring (bicyclic) bond motifs is 1.